The average Bonchev–Trinajstić information content (AvgIpc) is 2.15. The second-order valence-electron chi connectivity index (χ2n) is 2.46. The van der Waals surface area contributed by atoms with Gasteiger partial charge in [-0.1, -0.05) is 17.8 Å². The van der Waals surface area contributed by atoms with Crippen molar-refractivity contribution in [3.63, 3.8) is 0 Å². The quantitative estimate of drug-likeness (QED) is 0.848. The van der Waals surface area contributed by atoms with Crippen molar-refractivity contribution in [3.05, 3.63) is 28.8 Å². The van der Waals surface area contributed by atoms with Crippen LogP contribution < -0.4 is 0 Å². The van der Waals surface area contributed by atoms with Crippen LogP contribution in [0, 0.1) is 0 Å². The first-order valence-electron chi connectivity index (χ1n) is 3.96. The molecule has 74 valence electrons. The Hall–Kier alpha value is -0.680. The summed E-state index contributed by atoms with van der Waals surface area (Å²) in [4.78, 5) is 18.7. The second-order valence-corrected chi connectivity index (χ2v) is 4.58. The van der Waals surface area contributed by atoms with Gasteiger partial charge in [-0.05, 0) is 22.0 Å². The predicted octanol–water partition coefficient (Wildman–Crippen LogP) is 2.53. The maximum absolute atomic E-state index is 10.6. The van der Waals surface area contributed by atoms with Crippen LogP contribution in [0.25, 0.3) is 6.08 Å². The lowest BCUT2D eigenvalue weighted by atomic mass is 10.5. The van der Waals surface area contributed by atoms with E-state index in [2.05, 4.69) is 25.9 Å². The van der Waals surface area contributed by atoms with Gasteiger partial charge in [-0.25, -0.2) is 9.97 Å². The average molecular weight is 273 g/mol. The first-order valence-corrected chi connectivity index (χ1v) is 5.74. The van der Waals surface area contributed by atoms with E-state index < -0.39 is 0 Å². The van der Waals surface area contributed by atoms with Crippen molar-refractivity contribution >= 4 is 38.9 Å². The van der Waals surface area contributed by atoms with E-state index in [9.17, 15) is 4.79 Å². The molecule has 0 fully saturated rings. The third-order valence-electron chi connectivity index (χ3n) is 1.29. The Labute approximate surface area is 95.2 Å². The number of rotatable bonds is 3. The van der Waals surface area contributed by atoms with Gasteiger partial charge >= 0.3 is 0 Å². The molecule has 0 aromatic carbocycles. The lowest BCUT2D eigenvalue weighted by Crippen LogP contribution is -1.86. The Morgan fingerprint density at radius 2 is 2.21 bits per heavy atom. The number of carbonyl (C=O) groups is 1. The van der Waals surface area contributed by atoms with Crippen LogP contribution in [0.3, 0.4) is 0 Å². The summed E-state index contributed by atoms with van der Waals surface area (Å²) in [5.41, 5.74) is 0. The molecule has 0 amide bonds. The molecule has 0 aliphatic rings. The van der Waals surface area contributed by atoms with Crippen molar-refractivity contribution in [2.75, 3.05) is 5.75 Å². The molecule has 5 heteroatoms. The van der Waals surface area contributed by atoms with Crippen LogP contribution in [-0.2, 0) is 4.79 Å². The minimum atomic E-state index is 0.117. The summed E-state index contributed by atoms with van der Waals surface area (Å²) in [5.74, 6) is 1.31. The highest BCUT2D eigenvalue weighted by Crippen LogP contribution is 2.06. The molecular formula is C9H9BrN2OS. The molecule has 0 radical (unpaired) electrons. The highest BCUT2D eigenvalue weighted by Gasteiger charge is 1.91. The van der Waals surface area contributed by atoms with Crippen LogP contribution in [0.5, 0.6) is 0 Å². The molecule has 0 bridgehead atoms. The minimum Gasteiger partial charge on any atom is -0.288 e. The number of halogens is 1. The van der Waals surface area contributed by atoms with E-state index in [4.69, 9.17) is 0 Å². The van der Waals surface area contributed by atoms with Crippen molar-refractivity contribution < 1.29 is 4.79 Å². The Kier molecular flexibility index (Phi) is 4.82. The number of hydrogen-bond donors (Lipinski definition) is 0. The molecule has 0 spiro atoms. The number of nitrogens with zero attached hydrogens (tertiary/aromatic N) is 2. The largest absolute Gasteiger partial charge is 0.288 e. The maximum Gasteiger partial charge on any atom is 0.186 e. The summed E-state index contributed by atoms with van der Waals surface area (Å²) in [5, 5.41) is 0.117. The zero-order valence-corrected chi connectivity index (χ0v) is 10.0. The fourth-order valence-electron chi connectivity index (χ4n) is 0.727. The van der Waals surface area contributed by atoms with Crippen LogP contribution in [0.2, 0.25) is 0 Å². The van der Waals surface area contributed by atoms with Gasteiger partial charge in [-0.3, -0.25) is 4.79 Å². The summed E-state index contributed by atoms with van der Waals surface area (Å²) >= 11 is 4.51. The normalized spacial score (nSPS) is 10.7. The monoisotopic (exact) mass is 272 g/mol. The van der Waals surface area contributed by atoms with E-state index in [1.54, 1.807) is 25.4 Å². The van der Waals surface area contributed by atoms with Gasteiger partial charge in [0, 0.05) is 25.1 Å². The van der Waals surface area contributed by atoms with E-state index in [-0.39, 0.29) is 5.12 Å². The number of carbonyl (C=O) groups excluding carboxylic acids is 1. The highest BCUT2D eigenvalue weighted by atomic mass is 79.9. The molecule has 0 unspecified atom stereocenters. The summed E-state index contributed by atoms with van der Waals surface area (Å²) in [7, 11) is 0. The Morgan fingerprint density at radius 3 is 2.79 bits per heavy atom. The number of thioether (sulfide) groups is 1. The predicted molar refractivity (Wildman–Crippen MR) is 61.9 cm³/mol. The second kappa shape index (κ2) is 5.93. The van der Waals surface area contributed by atoms with Gasteiger partial charge in [0.2, 0.25) is 0 Å². The lowest BCUT2D eigenvalue weighted by Gasteiger charge is -1.91. The van der Waals surface area contributed by atoms with Gasteiger partial charge in [0.25, 0.3) is 0 Å². The van der Waals surface area contributed by atoms with Crippen LogP contribution in [0.15, 0.2) is 22.9 Å². The lowest BCUT2D eigenvalue weighted by molar-refractivity contribution is -0.109. The van der Waals surface area contributed by atoms with Crippen molar-refractivity contribution in [1.82, 2.24) is 9.97 Å². The Morgan fingerprint density at radius 1 is 1.57 bits per heavy atom. The van der Waals surface area contributed by atoms with Crippen LogP contribution in [0.1, 0.15) is 12.7 Å². The Balaban J connectivity index is 2.44. The molecule has 3 nitrogen and oxygen atoms in total. The fraction of sp³-hybridized carbons (Fsp3) is 0.222. The number of hydrogen-bond acceptors (Lipinski definition) is 4. The van der Waals surface area contributed by atoms with Crippen LogP contribution in [0.4, 0.5) is 0 Å². The van der Waals surface area contributed by atoms with Crippen molar-refractivity contribution in [1.29, 1.82) is 0 Å². The van der Waals surface area contributed by atoms with Gasteiger partial charge in [-0.2, -0.15) is 0 Å². The summed E-state index contributed by atoms with van der Waals surface area (Å²) in [6.45, 7) is 1.55. The van der Waals surface area contributed by atoms with Crippen molar-refractivity contribution in [3.8, 4) is 0 Å². The van der Waals surface area contributed by atoms with Crippen molar-refractivity contribution in [2.24, 2.45) is 0 Å². The van der Waals surface area contributed by atoms with E-state index in [0.29, 0.717) is 11.6 Å². The Bertz CT molecular complexity index is 337. The maximum atomic E-state index is 10.6. The standard InChI is InChI=1S/C9H9BrN2OS/c1-7(13)14-4-2-3-9-11-5-8(10)6-12-9/h2-3,5-6H,4H2,1H3. The first kappa shape index (κ1) is 11.4. The molecule has 1 aromatic rings. The summed E-state index contributed by atoms with van der Waals surface area (Å²) < 4.78 is 0.854. The van der Waals surface area contributed by atoms with Crippen LogP contribution in [-0.4, -0.2) is 20.8 Å². The molecule has 0 aliphatic carbocycles. The smallest absolute Gasteiger partial charge is 0.186 e. The minimum absolute atomic E-state index is 0.117. The molecule has 1 heterocycles. The zero-order chi connectivity index (χ0) is 10.4. The van der Waals surface area contributed by atoms with Gasteiger partial charge in [-0.15, -0.1) is 0 Å². The molecule has 1 rings (SSSR count). The summed E-state index contributed by atoms with van der Waals surface area (Å²) in [6.07, 6.45) is 7.03. The van der Waals surface area contributed by atoms with Crippen molar-refractivity contribution in [2.45, 2.75) is 6.92 Å². The topological polar surface area (TPSA) is 42.9 Å². The number of aromatic nitrogens is 2. The molecule has 0 aliphatic heterocycles. The molecular weight excluding hydrogens is 264 g/mol. The highest BCUT2D eigenvalue weighted by molar-refractivity contribution is 9.10. The fourth-order valence-corrected chi connectivity index (χ4v) is 1.36. The third-order valence-corrected chi connectivity index (χ3v) is 2.47. The van der Waals surface area contributed by atoms with E-state index in [0.717, 1.165) is 4.47 Å². The first-order chi connectivity index (χ1) is 6.68. The molecule has 0 atom stereocenters. The molecule has 0 saturated carbocycles. The molecule has 1 aromatic heterocycles. The van der Waals surface area contributed by atoms with Gasteiger partial charge in [0.15, 0.2) is 10.9 Å². The van der Waals surface area contributed by atoms with Gasteiger partial charge < -0.3 is 0 Å². The van der Waals surface area contributed by atoms with Crippen LogP contribution >= 0.6 is 27.7 Å². The molecule has 0 N–H and O–H groups in total. The van der Waals surface area contributed by atoms with Gasteiger partial charge in [0.05, 0.1) is 4.47 Å². The zero-order valence-electron chi connectivity index (χ0n) is 7.61. The molecule has 14 heavy (non-hydrogen) atoms. The van der Waals surface area contributed by atoms with Gasteiger partial charge in [0.1, 0.15) is 0 Å². The SMILES string of the molecule is CC(=O)SCC=Cc1ncc(Br)cn1. The van der Waals surface area contributed by atoms with E-state index >= 15 is 0 Å². The summed E-state index contributed by atoms with van der Waals surface area (Å²) in [6, 6.07) is 0. The van der Waals surface area contributed by atoms with E-state index in [1.807, 2.05) is 6.08 Å². The molecule has 0 saturated heterocycles. The third kappa shape index (κ3) is 4.53. The van der Waals surface area contributed by atoms with E-state index in [1.165, 1.54) is 11.8 Å².